The topological polar surface area (TPSA) is 81.9 Å². The molecule has 0 radical (unpaired) electrons. The fourth-order valence-electron chi connectivity index (χ4n) is 3.21. The van der Waals surface area contributed by atoms with Gasteiger partial charge in [0.25, 0.3) is 10.0 Å². The maximum atomic E-state index is 14.1. The number of fused-ring (bicyclic) bond motifs is 1. The van der Waals surface area contributed by atoms with Gasteiger partial charge in [-0.3, -0.25) is 4.79 Å². The van der Waals surface area contributed by atoms with Gasteiger partial charge in [0.1, 0.15) is 5.82 Å². The standard InChI is InChI=1S/C20H15ClFN3O3S2/c1-11-20(29-12(2)24-11)30(27,28)25-17-8-13(6-7-14(17)10-23-25)9-18(26)19-15(21)4-3-5-16(19)22/h3-8,10H,9H2,1-2H3. The molecule has 0 unspecified atom stereocenters. The molecule has 0 aliphatic rings. The molecule has 6 nitrogen and oxygen atoms in total. The molecule has 4 rings (SSSR count). The van der Waals surface area contributed by atoms with Gasteiger partial charge in [-0.15, -0.1) is 11.3 Å². The minimum absolute atomic E-state index is 0.0322. The highest BCUT2D eigenvalue weighted by atomic mass is 35.5. The van der Waals surface area contributed by atoms with Crippen molar-refractivity contribution in [3.8, 4) is 0 Å². The van der Waals surface area contributed by atoms with E-state index in [1.54, 1.807) is 32.0 Å². The second-order valence-corrected chi connectivity index (χ2v) is 10.3. The molecule has 0 saturated heterocycles. The molecule has 0 spiro atoms. The molecule has 154 valence electrons. The third kappa shape index (κ3) is 3.53. The first-order valence-corrected chi connectivity index (χ1v) is 11.5. The summed E-state index contributed by atoms with van der Waals surface area (Å²) in [5, 5.41) is 5.30. The fourth-order valence-corrected chi connectivity index (χ4v) is 6.28. The number of aromatic nitrogens is 3. The van der Waals surface area contributed by atoms with Crippen molar-refractivity contribution < 1.29 is 17.6 Å². The van der Waals surface area contributed by atoms with E-state index in [1.807, 2.05) is 0 Å². The molecule has 0 amide bonds. The van der Waals surface area contributed by atoms with Gasteiger partial charge < -0.3 is 0 Å². The lowest BCUT2D eigenvalue weighted by atomic mass is 10.0. The average molecular weight is 464 g/mol. The molecule has 0 fully saturated rings. The number of halogens is 2. The summed E-state index contributed by atoms with van der Waals surface area (Å²) in [5.74, 6) is -1.20. The first-order valence-electron chi connectivity index (χ1n) is 8.82. The largest absolute Gasteiger partial charge is 0.294 e. The van der Waals surface area contributed by atoms with Gasteiger partial charge >= 0.3 is 0 Å². The van der Waals surface area contributed by atoms with Crippen molar-refractivity contribution >= 4 is 49.6 Å². The van der Waals surface area contributed by atoms with E-state index in [9.17, 15) is 17.6 Å². The number of hydrogen-bond acceptors (Lipinski definition) is 6. The quantitative estimate of drug-likeness (QED) is 0.405. The molecule has 2 aromatic carbocycles. The summed E-state index contributed by atoms with van der Waals surface area (Å²) in [6, 6.07) is 8.95. The van der Waals surface area contributed by atoms with Crippen molar-refractivity contribution in [3.05, 3.63) is 75.3 Å². The Morgan fingerprint density at radius 3 is 2.67 bits per heavy atom. The molecule has 0 atom stereocenters. The smallest absolute Gasteiger partial charge is 0.294 e. The van der Waals surface area contributed by atoms with E-state index in [0.29, 0.717) is 27.2 Å². The highest BCUT2D eigenvalue weighted by Gasteiger charge is 2.26. The van der Waals surface area contributed by atoms with E-state index in [1.165, 1.54) is 24.4 Å². The minimum Gasteiger partial charge on any atom is -0.294 e. The molecule has 2 heterocycles. The van der Waals surface area contributed by atoms with Gasteiger partial charge in [-0.1, -0.05) is 29.8 Å². The van der Waals surface area contributed by atoms with E-state index < -0.39 is 21.6 Å². The summed E-state index contributed by atoms with van der Waals surface area (Å²) in [5.41, 5.74) is 1.06. The van der Waals surface area contributed by atoms with E-state index in [0.717, 1.165) is 15.4 Å². The molecule has 30 heavy (non-hydrogen) atoms. The van der Waals surface area contributed by atoms with Crippen LogP contribution < -0.4 is 0 Å². The predicted octanol–water partition coefficient (Wildman–Crippen LogP) is 4.56. The molecular weight excluding hydrogens is 449 g/mol. The number of carbonyl (C=O) groups is 1. The fraction of sp³-hybridized carbons (Fsp3) is 0.150. The summed E-state index contributed by atoms with van der Waals surface area (Å²) < 4.78 is 41.4. The molecular formula is C20H15ClFN3O3S2. The lowest BCUT2D eigenvalue weighted by molar-refractivity contribution is 0.0989. The van der Waals surface area contributed by atoms with Crippen molar-refractivity contribution in [1.29, 1.82) is 0 Å². The van der Waals surface area contributed by atoms with E-state index in [4.69, 9.17) is 11.6 Å². The van der Waals surface area contributed by atoms with Crippen molar-refractivity contribution in [2.24, 2.45) is 0 Å². The van der Waals surface area contributed by atoms with E-state index in [2.05, 4.69) is 10.1 Å². The number of benzene rings is 2. The van der Waals surface area contributed by atoms with Crippen LogP contribution >= 0.6 is 22.9 Å². The van der Waals surface area contributed by atoms with Gasteiger partial charge in [-0.05, 0) is 37.6 Å². The maximum Gasteiger partial charge on any atom is 0.294 e. The molecule has 0 bridgehead atoms. The number of ketones is 1. The Bertz CT molecular complexity index is 1390. The van der Waals surface area contributed by atoms with E-state index >= 15 is 0 Å². The Balaban J connectivity index is 1.75. The molecule has 0 N–H and O–H groups in total. The van der Waals surface area contributed by atoms with E-state index in [-0.39, 0.29) is 21.2 Å². The Kier molecular flexibility index (Phi) is 5.21. The van der Waals surface area contributed by atoms with Crippen molar-refractivity contribution in [1.82, 2.24) is 14.2 Å². The molecule has 2 aromatic heterocycles. The Hall–Kier alpha value is -2.62. The summed E-state index contributed by atoms with van der Waals surface area (Å²) in [6.45, 7) is 3.36. The molecule has 0 aliphatic heterocycles. The van der Waals surface area contributed by atoms with Crippen LogP contribution in [0.15, 0.2) is 46.8 Å². The van der Waals surface area contributed by atoms with Crippen LogP contribution in [-0.4, -0.2) is 28.4 Å². The monoisotopic (exact) mass is 463 g/mol. The number of carbonyl (C=O) groups excluding carboxylic acids is 1. The Labute approximate surface area is 181 Å². The first-order chi connectivity index (χ1) is 14.2. The summed E-state index contributed by atoms with van der Waals surface area (Å²) in [7, 11) is -3.95. The third-order valence-electron chi connectivity index (χ3n) is 4.53. The van der Waals surface area contributed by atoms with Gasteiger partial charge in [0.2, 0.25) is 0 Å². The minimum atomic E-state index is -3.95. The molecule has 0 aliphatic carbocycles. The van der Waals surface area contributed by atoms with Crippen LogP contribution in [0.4, 0.5) is 4.39 Å². The van der Waals surface area contributed by atoms with Crippen LogP contribution in [-0.2, 0) is 16.4 Å². The lowest BCUT2D eigenvalue weighted by Gasteiger charge is -2.07. The second kappa shape index (κ2) is 7.57. The van der Waals surface area contributed by atoms with Gasteiger partial charge in [-0.2, -0.15) is 17.6 Å². The van der Waals surface area contributed by atoms with Gasteiger partial charge in [0, 0.05) is 11.8 Å². The van der Waals surface area contributed by atoms with Crippen LogP contribution in [0.3, 0.4) is 0 Å². The normalized spacial score (nSPS) is 11.9. The van der Waals surface area contributed by atoms with Gasteiger partial charge in [0.15, 0.2) is 9.99 Å². The van der Waals surface area contributed by atoms with Crippen LogP contribution in [0.25, 0.3) is 10.9 Å². The molecule has 4 aromatic rings. The Morgan fingerprint density at radius 2 is 2.00 bits per heavy atom. The third-order valence-corrected chi connectivity index (χ3v) is 8.11. The highest BCUT2D eigenvalue weighted by molar-refractivity contribution is 7.92. The Morgan fingerprint density at radius 1 is 1.23 bits per heavy atom. The van der Waals surface area contributed by atoms with Crippen molar-refractivity contribution in [3.63, 3.8) is 0 Å². The highest BCUT2D eigenvalue weighted by Crippen LogP contribution is 2.28. The van der Waals surface area contributed by atoms with Gasteiger partial charge in [0.05, 0.1) is 33.0 Å². The number of nitrogens with zero attached hydrogens (tertiary/aromatic N) is 3. The number of hydrogen-bond donors (Lipinski definition) is 0. The zero-order valence-electron chi connectivity index (χ0n) is 15.9. The number of rotatable bonds is 5. The predicted molar refractivity (Wildman–Crippen MR) is 113 cm³/mol. The first kappa shape index (κ1) is 20.6. The summed E-state index contributed by atoms with van der Waals surface area (Å²) in [6.07, 6.45) is 1.30. The number of thiazole rings is 1. The van der Waals surface area contributed by atoms with Crippen LogP contribution in [0.1, 0.15) is 26.6 Å². The van der Waals surface area contributed by atoms with Crippen molar-refractivity contribution in [2.75, 3.05) is 0 Å². The van der Waals surface area contributed by atoms with Crippen LogP contribution in [0.5, 0.6) is 0 Å². The summed E-state index contributed by atoms with van der Waals surface area (Å²) in [4.78, 5) is 16.8. The van der Waals surface area contributed by atoms with Crippen LogP contribution in [0.2, 0.25) is 5.02 Å². The summed E-state index contributed by atoms with van der Waals surface area (Å²) >= 11 is 7.05. The molecule has 0 saturated carbocycles. The maximum absolute atomic E-state index is 14.1. The lowest BCUT2D eigenvalue weighted by Crippen LogP contribution is -2.14. The number of aryl methyl sites for hydroxylation is 2. The van der Waals surface area contributed by atoms with Gasteiger partial charge in [-0.25, -0.2) is 9.37 Å². The zero-order valence-corrected chi connectivity index (χ0v) is 18.3. The van der Waals surface area contributed by atoms with Crippen LogP contribution in [0, 0.1) is 19.7 Å². The van der Waals surface area contributed by atoms with Crippen molar-refractivity contribution in [2.45, 2.75) is 24.5 Å². The zero-order chi connectivity index (χ0) is 21.6. The number of Topliss-reactive ketones (excluding diaryl/α,β-unsaturated/α-hetero) is 1. The second-order valence-electron chi connectivity index (χ2n) is 6.69. The SMILES string of the molecule is Cc1nc(C)c(S(=O)(=O)n2ncc3ccc(CC(=O)c4c(F)cccc4Cl)cc32)s1. The average Bonchev–Trinajstić information content (AvgIpc) is 3.24. The molecule has 10 heteroatoms.